The van der Waals surface area contributed by atoms with Crippen molar-refractivity contribution >= 4 is 5.78 Å². The summed E-state index contributed by atoms with van der Waals surface area (Å²) < 4.78 is 5.31. The quantitative estimate of drug-likeness (QED) is 0.364. The van der Waals surface area contributed by atoms with E-state index < -0.39 is 5.95 Å². The van der Waals surface area contributed by atoms with Crippen molar-refractivity contribution in [2.75, 3.05) is 0 Å². The fourth-order valence-corrected chi connectivity index (χ4v) is 0.686. The average Bonchev–Trinajstić information content (AvgIpc) is 2.11. The minimum Gasteiger partial charge on any atom is -0.539 e. The van der Waals surface area contributed by atoms with Crippen molar-refractivity contribution in [3.8, 4) is 5.95 Å². The van der Waals surface area contributed by atoms with Crippen LogP contribution < -0.4 is 9.79 Å². The Labute approximate surface area is 56.8 Å². The minimum atomic E-state index is -0.685. The lowest BCUT2D eigenvalue weighted by Crippen LogP contribution is -2.36. The van der Waals surface area contributed by atoms with Crippen LogP contribution in [0.5, 0.6) is 5.95 Å². The molecule has 1 heterocycles. The molecule has 0 fully saturated rings. The van der Waals surface area contributed by atoms with Gasteiger partial charge in [0.15, 0.2) is 13.0 Å². The molecule has 0 aromatic carbocycles. The largest absolute Gasteiger partial charge is 0.539 e. The van der Waals surface area contributed by atoms with Crippen molar-refractivity contribution in [2.45, 2.75) is 6.92 Å². The molecule has 0 saturated heterocycles. The Hall–Kier alpha value is -1.39. The molecule has 0 atom stereocenters. The maximum atomic E-state index is 10.6. The number of carbonyl (C=O) groups is 1. The van der Waals surface area contributed by atoms with Crippen LogP contribution in [-0.2, 0) is 7.05 Å². The maximum Gasteiger partial charge on any atom is 0.298 e. The van der Waals surface area contributed by atoms with Crippen LogP contribution in [0.4, 0.5) is 0 Å². The van der Waals surface area contributed by atoms with Gasteiger partial charge in [-0.2, -0.15) is 0 Å². The van der Waals surface area contributed by atoms with Gasteiger partial charge >= 0.3 is 0 Å². The zero-order chi connectivity index (χ0) is 7.72. The van der Waals surface area contributed by atoms with E-state index in [0.29, 0.717) is 0 Å². The Morgan fingerprint density at radius 1 is 1.80 bits per heavy atom. The topological polar surface area (TPSA) is 70.0 Å². The number of carbonyl (C=O) groups excluding carboxylic acids is 1. The molecule has 5 nitrogen and oxygen atoms in total. The van der Waals surface area contributed by atoms with E-state index >= 15 is 0 Å². The third-order valence-electron chi connectivity index (χ3n) is 1.10. The van der Waals surface area contributed by atoms with Gasteiger partial charge < -0.3 is 9.63 Å². The highest BCUT2D eigenvalue weighted by molar-refractivity contribution is 5.92. The molecule has 0 aliphatic carbocycles. The second kappa shape index (κ2) is 2.09. The number of aromatic nitrogens is 2. The van der Waals surface area contributed by atoms with Gasteiger partial charge in [-0.1, -0.05) is 4.68 Å². The van der Waals surface area contributed by atoms with Gasteiger partial charge in [-0.25, -0.2) is 0 Å². The molecule has 0 unspecified atom stereocenters. The second-order valence-corrected chi connectivity index (χ2v) is 1.89. The fourth-order valence-electron chi connectivity index (χ4n) is 0.686. The van der Waals surface area contributed by atoms with Crippen LogP contribution in [0.3, 0.4) is 0 Å². The molecule has 0 aliphatic rings. The van der Waals surface area contributed by atoms with Crippen LogP contribution in [0.2, 0.25) is 0 Å². The first-order valence-electron chi connectivity index (χ1n) is 2.67. The van der Waals surface area contributed by atoms with Crippen molar-refractivity contribution in [2.24, 2.45) is 7.05 Å². The molecule has 1 aromatic rings. The first-order valence-corrected chi connectivity index (χ1v) is 2.67. The van der Waals surface area contributed by atoms with Crippen molar-refractivity contribution in [3.05, 3.63) is 5.69 Å². The molecule has 1 rings (SSSR count). The van der Waals surface area contributed by atoms with Gasteiger partial charge in [0, 0.05) is 6.92 Å². The first kappa shape index (κ1) is 6.73. The van der Waals surface area contributed by atoms with E-state index in [0.717, 1.165) is 4.68 Å². The van der Waals surface area contributed by atoms with E-state index in [1.807, 2.05) is 0 Å². The summed E-state index contributed by atoms with van der Waals surface area (Å²) in [6, 6.07) is 0. The number of nitrogens with zero attached hydrogens (tertiary/aromatic N) is 2. The van der Waals surface area contributed by atoms with Crippen LogP contribution in [0, 0.1) is 0 Å². The minimum absolute atomic E-state index is 0.0278. The standard InChI is InChI=1S/C5H6N2O3/c1-3(8)4-5(9)10-6-7(4)2/h1-2H3. The summed E-state index contributed by atoms with van der Waals surface area (Å²) >= 11 is 0. The summed E-state index contributed by atoms with van der Waals surface area (Å²) in [5.41, 5.74) is -0.0278. The maximum absolute atomic E-state index is 10.6. The van der Waals surface area contributed by atoms with Crippen molar-refractivity contribution in [3.63, 3.8) is 0 Å². The number of hydrogen-bond donors (Lipinski definition) is 0. The summed E-state index contributed by atoms with van der Waals surface area (Å²) in [6.45, 7) is 1.29. The molecule has 0 amide bonds. The summed E-state index contributed by atoms with van der Waals surface area (Å²) in [5, 5.41) is 13.9. The molecule has 0 N–H and O–H groups in total. The van der Waals surface area contributed by atoms with E-state index in [-0.39, 0.29) is 11.5 Å². The highest BCUT2D eigenvalue weighted by Crippen LogP contribution is 2.05. The Morgan fingerprint density at radius 3 is 2.60 bits per heavy atom. The second-order valence-electron chi connectivity index (χ2n) is 1.89. The van der Waals surface area contributed by atoms with Crippen molar-refractivity contribution in [1.29, 1.82) is 0 Å². The molecule has 1 aromatic heterocycles. The van der Waals surface area contributed by atoms with E-state index in [1.54, 1.807) is 0 Å². The van der Waals surface area contributed by atoms with Gasteiger partial charge in [-0.05, 0) is 0 Å². The van der Waals surface area contributed by atoms with Crippen LogP contribution in [-0.4, -0.2) is 11.1 Å². The van der Waals surface area contributed by atoms with E-state index in [2.05, 4.69) is 9.79 Å². The number of rotatable bonds is 1. The Morgan fingerprint density at radius 2 is 2.40 bits per heavy atom. The molecular formula is C5H6N2O3. The predicted molar refractivity (Wildman–Crippen MR) is 27.1 cm³/mol. The average molecular weight is 142 g/mol. The molecule has 5 heteroatoms. The van der Waals surface area contributed by atoms with Crippen molar-refractivity contribution in [1.82, 2.24) is 5.27 Å². The molecule has 0 saturated carbocycles. The normalized spacial score (nSPS) is 9.80. The Balaban J connectivity index is 3.23. The lowest BCUT2D eigenvalue weighted by molar-refractivity contribution is -0.741. The number of Topliss-reactive ketones (excluding diaryl/α,β-unsaturated/α-hetero) is 1. The Bertz CT molecular complexity index is 246. The van der Waals surface area contributed by atoms with Gasteiger partial charge in [0.1, 0.15) is 0 Å². The van der Waals surface area contributed by atoms with Crippen LogP contribution >= 0.6 is 0 Å². The highest BCUT2D eigenvalue weighted by Gasteiger charge is 2.17. The lowest BCUT2D eigenvalue weighted by Gasteiger charge is -1.86. The lowest BCUT2D eigenvalue weighted by atomic mass is 10.3. The smallest absolute Gasteiger partial charge is 0.298 e. The molecule has 54 valence electrons. The third kappa shape index (κ3) is 0.854. The van der Waals surface area contributed by atoms with E-state index in [4.69, 9.17) is 0 Å². The van der Waals surface area contributed by atoms with Crippen LogP contribution in [0.1, 0.15) is 17.4 Å². The first-order chi connectivity index (χ1) is 4.63. The van der Waals surface area contributed by atoms with Crippen LogP contribution in [0.15, 0.2) is 4.52 Å². The Kier molecular flexibility index (Phi) is 1.41. The van der Waals surface area contributed by atoms with E-state index in [9.17, 15) is 9.90 Å². The molecule has 0 bridgehead atoms. The molecular weight excluding hydrogens is 136 g/mol. The number of ketones is 1. The predicted octanol–water partition coefficient (Wildman–Crippen LogP) is -1.22. The van der Waals surface area contributed by atoms with E-state index in [1.165, 1.54) is 14.0 Å². The van der Waals surface area contributed by atoms with Crippen LogP contribution in [0.25, 0.3) is 0 Å². The van der Waals surface area contributed by atoms with Gasteiger partial charge in [0.2, 0.25) is 5.78 Å². The fraction of sp³-hybridized carbons (Fsp3) is 0.400. The number of hydrogen-bond acceptors (Lipinski definition) is 4. The zero-order valence-corrected chi connectivity index (χ0v) is 5.62. The SMILES string of the molecule is CC(=O)c1c([O-])on[n+]1C. The zero-order valence-electron chi connectivity index (χ0n) is 5.62. The monoisotopic (exact) mass is 142 g/mol. The molecule has 0 radical (unpaired) electrons. The molecule has 0 spiro atoms. The summed E-state index contributed by atoms with van der Waals surface area (Å²) in [4.78, 5) is 10.6. The van der Waals surface area contributed by atoms with Gasteiger partial charge in [0.25, 0.3) is 5.69 Å². The van der Waals surface area contributed by atoms with Gasteiger partial charge in [-0.15, -0.1) is 0 Å². The summed E-state index contributed by atoms with van der Waals surface area (Å²) in [6.07, 6.45) is 0. The third-order valence-corrected chi connectivity index (χ3v) is 1.10. The van der Waals surface area contributed by atoms with Crippen molar-refractivity contribution < 1.29 is 19.1 Å². The molecule has 0 aliphatic heterocycles. The van der Waals surface area contributed by atoms with Gasteiger partial charge in [0.05, 0.1) is 5.27 Å². The summed E-state index contributed by atoms with van der Waals surface area (Å²) in [7, 11) is 1.47. The summed E-state index contributed by atoms with van der Waals surface area (Å²) in [5.74, 6) is -1.02. The van der Waals surface area contributed by atoms with Gasteiger partial charge in [-0.3, -0.25) is 4.79 Å². The highest BCUT2D eigenvalue weighted by atomic mass is 16.6. The number of aryl methyl sites for hydroxylation is 1. The molecule has 10 heavy (non-hydrogen) atoms.